The Morgan fingerprint density at radius 2 is 1.96 bits per heavy atom. The van der Waals surface area contributed by atoms with Gasteiger partial charge in [-0.25, -0.2) is 8.42 Å². The van der Waals surface area contributed by atoms with Gasteiger partial charge in [-0.15, -0.1) is 0 Å². The molecule has 0 aliphatic carbocycles. The molecule has 0 radical (unpaired) electrons. The lowest BCUT2D eigenvalue weighted by Gasteiger charge is -2.31. The van der Waals surface area contributed by atoms with Crippen LogP contribution in [0.15, 0.2) is 29.2 Å². The summed E-state index contributed by atoms with van der Waals surface area (Å²) in [6.45, 7) is 7.76. The second-order valence-electron chi connectivity index (χ2n) is 6.56. The van der Waals surface area contributed by atoms with Crippen molar-refractivity contribution in [2.75, 3.05) is 26.3 Å². The lowest BCUT2D eigenvalue weighted by molar-refractivity contribution is -0.137. The van der Waals surface area contributed by atoms with Crippen LogP contribution in [-0.4, -0.2) is 51.6 Å². The summed E-state index contributed by atoms with van der Waals surface area (Å²) in [5, 5.41) is 0. The van der Waals surface area contributed by atoms with Crippen molar-refractivity contribution in [3.63, 3.8) is 0 Å². The van der Waals surface area contributed by atoms with Gasteiger partial charge < -0.3 is 9.64 Å². The van der Waals surface area contributed by atoms with Crippen LogP contribution in [0.1, 0.15) is 25.8 Å². The molecule has 2 rings (SSSR count). The number of hydrogen-bond acceptors (Lipinski definition) is 4. The number of amides is 1. The van der Waals surface area contributed by atoms with Gasteiger partial charge >= 0.3 is 0 Å². The molecule has 0 unspecified atom stereocenters. The zero-order chi connectivity index (χ0) is 17.7. The van der Waals surface area contributed by atoms with Crippen LogP contribution in [-0.2, 0) is 19.6 Å². The van der Waals surface area contributed by atoms with Gasteiger partial charge in [-0.2, -0.15) is 4.72 Å². The minimum Gasteiger partial charge on any atom is -0.378 e. The first-order valence-corrected chi connectivity index (χ1v) is 9.73. The molecule has 134 valence electrons. The van der Waals surface area contributed by atoms with E-state index in [4.69, 9.17) is 4.74 Å². The van der Waals surface area contributed by atoms with Crippen molar-refractivity contribution in [2.24, 2.45) is 5.92 Å². The number of morpholine rings is 1. The van der Waals surface area contributed by atoms with Crippen molar-refractivity contribution in [3.05, 3.63) is 29.8 Å². The molecule has 1 amide bonds. The van der Waals surface area contributed by atoms with Crippen molar-refractivity contribution < 1.29 is 17.9 Å². The zero-order valence-corrected chi connectivity index (χ0v) is 15.3. The maximum Gasteiger partial charge on any atom is 0.241 e. The van der Waals surface area contributed by atoms with Crippen LogP contribution in [0.4, 0.5) is 0 Å². The molecular formula is C17H26N2O4S. The molecule has 0 aromatic heterocycles. The Hall–Kier alpha value is -1.44. The quantitative estimate of drug-likeness (QED) is 0.841. The number of nitrogens with zero attached hydrogens (tertiary/aromatic N) is 1. The molecule has 1 aliphatic rings. The number of hydrogen-bond donors (Lipinski definition) is 1. The molecular weight excluding hydrogens is 328 g/mol. The summed E-state index contributed by atoms with van der Waals surface area (Å²) in [6.07, 6.45) is 0.460. The van der Waals surface area contributed by atoms with Gasteiger partial charge in [0, 0.05) is 13.1 Å². The fourth-order valence-corrected chi connectivity index (χ4v) is 4.02. The number of rotatable bonds is 6. The number of benzene rings is 1. The molecule has 7 heteroatoms. The van der Waals surface area contributed by atoms with Gasteiger partial charge in [-0.3, -0.25) is 4.79 Å². The lowest BCUT2D eigenvalue weighted by Crippen LogP contribution is -2.52. The van der Waals surface area contributed by atoms with E-state index in [2.05, 4.69) is 4.72 Å². The van der Waals surface area contributed by atoms with E-state index in [0.717, 1.165) is 5.56 Å². The number of carbonyl (C=O) groups is 1. The summed E-state index contributed by atoms with van der Waals surface area (Å²) in [5.41, 5.74) is 0.859. The van der Waals surface area contributed by atoms with Gasteiger partial charge in [0.2, 0.25) is 15.9 Å². The molecule has 0 saturated carbocycles. The van der Waals surface area contributed by atoms with Crippen molar-refractivity contribution in [1.29, 1.82) is 0 Å². The molecule has 1 fully saturated rings. The van der Waals surface area contributed by atoms with Crippen LogP contribution in [0.25, 0.3) is 0 Å². The maximum absolute atomic E-state index is 12.8. The van der Waals surface area contributed by atoms with E-state index in [9.17, 15) is 13.2 Å². The number of sulfonamides is 1. The molecule has 1 atom stereocenters. The topological polar surface area (TPSA) is 75.7 Å². The van der Waals surface area contributed by atoms with E-state index in [1.54, 1.807) is 23.1 Å². The van der Waals surface area contributed by atoms with E-state index in [1.807, 2.05) is 26.8 Å². The highest BCUT2D eigenvalue weighted by atomic mass is 32.2. The minimum absolute atomic E-state index is 0.178. The molecule has 1 aromatic carbocycles. The van der Waals surface area contributed by atoms with E-state index >= 15 is 0 Å². The summed E-state index contributed by atoms with van der Waals surface area (Å²) in [4.78, 5) is 14.6. The zero-order valence-electron chi connectivity index (χ0n) is 14.5. The van der Waals surface area contributed by atoms with Crippen LogP contribution in [0.3, 0.4) is 0 Å². The number of nitrogens with one attached hydrogen (secondary N) is 1. The first-order chi connectivity index (χ1) is 11.3. The van der Waals surface area contributed by atoms with Crippen LogP contribution in [0.5, 0.6) is 0 Å². The monoisotopic (exact) mass is 354 g/mol. The number of carbonyl (C=O) groups excluding carboxylic acids is 1. The van der Waals surface area contributed by atoms with Crippen molar-refractivity contribution in [3.8, 4) is 0 Å². The molecule has 0 bridgehead atoms. The Kier molecular flexibility index (Phi) is 6.37. The minimum atomic E-state index is -3.74. The Bertz CT molecular complexity index is 667. The van der Waals surface area contributed by atoms with Gasteiger partial charge in [0.1, 0.15) is 6.04 Å². The van der Waals surface area contributed by atoms with Crippen LogP contribution in [0, 0.1) is 12.8 Å². The molecule has 1 N–H and O–H groups in total. The molecule has 0 spiro atoms. The number of ether oxygens (including phenoxy) is 1. The van der Waals surface area contributed by atoms with E-state index in [-0.39, 0.29) is 16.7 Å². The Morgan fingerprint density at radius 1 is 1.29 bits per heavy atom. The van der Waals surface area contributed by atoms with Crippen molar-refractivity contribution in [1.82, 2.24) is 9.62 Å². The highest BCUT2D eigenvalue weighted by molar-refractivity contribution is 7.89. The van der Waals surface area contributed by atoms with Crippen LogP contribution < -0.4 is 4.72 Å². The van der Waals surface area contributed by atoms with Crippen molar-refractivity contribution >= 4 is 15.9 Å². The van der Waals surface area contributed by atoms with Crippen molar-refractivity contribution in [2.45, 2.75) is 38.1 Å². The fourth-order valence-electron chi connectivity index (χ4n) is 2.71. The van der Waals surface area contributed by atoms with Crippen LogP contribution >= 0.6 is 0 Å². The van der Waals surface area contributed by atoms with Crippen LogP contribution in [0.2, 0.25) is 0 Å². The molecule has 1 saturated heterocycles. The average molecular weight is 354 g/mol. The second kappa shape index (κ2) is 8.09. The Morgan fingerprint density at radius 3 is 2.54 bits per heavy atom. The van der Waals surface area contributed by atoms with E-state index < -0.39 is 16.1 Å². The molecule has 1 aromatic rings. The third-order valence-electron chi connectivity index (χ3n) is 3.93. The predicted molar refractivity (Wildman–Crippen MR) is 92.1 cm³/mol. The van der Waals surface area contributed by atoms with Gasteiger partial charge in [-0.1, -0.05) is 26.0 Å². The summed E-state index contributed by atoms with van der Waals surface area (Å²) < 4.78 is 33.2. The molecule has 1 heterocycles. The Labute approximate surface area is 144 Å². The SMILES string of the molecule is Cc1cccc(S(=O)(=O)N[C@@H](CC(C)C)C(=O)N2CCOCC2)c1. The maximum atomic E-state index is 12.8. The molecule has 6 nitrogen and oxygen atoms in total. The first kappa shape index (κ1) is 18.9. The third kappa shape index (κ3) is 5.03. The highest BCUT2D eigenvalue weighted by Gasteiger charge is 2.30. The van der Waals surface area contributed by atoms with Gasteiger partial charge in [0.25, 0.3) is 0 Å². The second-order valence-corrected chi connectivity index (χ2v) is 8.27. The van der Waals surface area contributed by atoms with Gasteiger partial charge in [-0.05, 0) is 37.0 Å². The number of aryl methyl sites for hydroxylation is 1. The normalized spacial score (nSPS) is 17.1. The van der Waals surface area contributed by atoms with Gasteiger partial charge in [0.15, 0.2) is 0 Å². The average Bonchev–Trinajstić information content (AvgIpc) is 2.54. The third-order valence-corrected chi connectivity index (χ3v) is 5.39. The van der Waals surface area contributed by atoms with E-state index in [1.165, 1.54) is 0 Å². The summed E-state index contributed by atoms with van der Waals surface area (Å²) >= 11 is 0. The predicted octanol–water partition coefficient (Wildman–Crippen LogP) is 1.55. The standard InChI is InChI=1S/C17H26N2O4S/c1-13(2)11-16(17(20)19-7-9-23-10-8-19)18-24(21,22)15-6-4-5-14(3)12-15/h4-6,12-13,16,18H,7-11H2,1-3H3/t16-/m0/s1. The highest BCUT2D eigenvalue weighted by Crippen LogP contribution is 2.15. The molecule has 1 aliphatic heterocycles. The fraction of sp³-hybridized carbons (Fsp3) is 0.588. The summed E-state index contributed by atoms with van der Waals surface area (Å²) in [5.74, 6) is 0.0171. The summed E-state index contributed by atoms with van der Waals surface area (Å²) in [7, 11) is -3.74. The largest absolute Gasteiger partial charge is 0.378 e. The lowest BCUT2D eigenvalue weighted by atomic mass is 10.0. The van der Waals surface area contributed by atoms with Gasteiger partial charge in [0.05, 0.1) is 18.1 Å². The smallest absolute Gasteiger partial charge is 0.241 e. The summed E-state index contributed by atoms with van der Waals surface area (Å²) in [6, 6.07) is 5.93. The van der Waals surface area contributed by atoms with E-state index in [0.29, 0.717) is 32.7 Å². The molecule has 24 heavy (non-hydrogen) atoms. The Balaban J connectivity index is 2.19. The first-order valence-electron chi connectivity index (χ1n) is 8.25.